The van der Waals surface area contributed by atoms with E-state index < -0.39 is 0 Å². The van der Waals surface area contributed by atoms with Crippen molar-refractivity contribution >= 4 is 22.3 Å². The summed E-state index contributed by atoms with van der Waals surface area (Å²) in [6.45, 7) is 6.57. The maximum absolute atomic E-state index is 9.39. The highest BCUT2D eigenvalue weighted by molar-refractivity contribution is 5.95. The van der Waals surface area contributed by atoms with Crippen LogP contribution in [0.4, 0.5) is 11.4 Å². The summed E-state index contributed by atoms with van der Waals surface area (Å²) in [6.07, 6.45) is 1.94. The first-order chi connectivity index (χ1) is 13.7. The van der Waals surface area contributed by atoms with Crippen LogP contribution in [0.15, 0.2) is 54.7 Å². The predicted molar refractivity (Wildman–Crippen MR) is 113 cm³/mol. The molecule has 0 spiro atoms. The van der Waals surface area contributed by atoms with Gasteiger partial charge in [-0.15, -0.1) is 0 Å². The Morgan fingerprint density at radius 1 is 1.18 bits per heavy atom. The second-order valence-corrected chi connectivity index (χ2v) is 7.31. The molecule has 2 heterocycles. The van der Waals surface area contributed by atoms with E-state index >= 15 is 0 Å². The van der Waals surface area contributed by atoms with Gasteiger partial charge in [-0.2, -0.15) is 5.26 Å². The van der Waals surface area contributed by atoms with Crippen LogP contribution < -0.4 is 10.2 Å². The van der Waals surface area contributed by atoms with Gasteiger partial charge in [0.1, 0.15) is 6.07 Å². The number of ether oxygens (including phenoxy) is 1. The molecule has 5 heteroatoms. The van der Waals surface area contributed by atoms with Crippen molar-refractivity contribution in [3.8, 4) is 6.07 Å². The number of hydrogen-bond donors (Lipinski definition) is 1. The number of rotatable bonds is 4. The molecule has 0 aliphatic carbocycles. The Morgan fingerprint density at radius 2 is 2.04 bits per heavy atom. The van der Waals surface area contributed by atoms with Crippen molar-refractivity contribution in [2.45, 2.75) is 26.1 Å². The minimum atomic E-state index is 0.0747. The number of nitrogens with zero attached hydrogens (tertiary/aromatic N) is 3. The van der Waals surface area contributed by atoms with Crippen LogP contribution >= 0.6 is 0 Å². The van der Waals surface area contributed by atoms with Crippen molar-refractivity contribution in [2.75, 3.05) is 29.9 Å². The van der Waals surface area contributed by atoms with Crippen LogP contribution in [0.1, 0.15) is 18.1 Å². The minimum Gasteiger partial charge on any atom is -0.382 e. The van der Waals surface area contributed by atoms with Gasteiger partial charge in [-0.25, -0.2) is 0 Å². The Labute approximate surface area is 165 Å². The molecule has 4 rings (SSSR count). The van der Waals surface area contributed by atoms with E-state index in [0.29, 0.717) is 5.56 Å². The van der Waals surface area contributed by atoms with Gasteiger partial charge in [-0.3, -0.25) is 4.98 Å². The summed E-state index contributed by atoms with van der Waals surface area (Å²) in [5.74, 6) is 0. The van der Waals surface area contributed by atoms with Crippen molar-refractivity contribution in [1.82, 2.24) is 4.98 Å². The molecule has 0 amide bonds. The van der Waals surface area contributed by atoms with Crippen molar-refractivity contribution in [3.63, 3.8) is 0 Å². The van der Waals surface area contributed by atoms with E-state index in [1.165, 1.54) is 5.56 Å². The fourth-order valence-corrected chi connectivity index (χ4v) is 3.87. The molecular formula is C23H24N4O. The van der Waals surface area contributed by atoms with Gasteiger partial charge in [0.15, 0.2) is 0 Å². The Bertz CT molecular complexity index is 1030. The molecule has 0 bridgehead atoms. The third-order valence-electron chi connectivity index (χ3n) is 5.20. The molecule has 0 radical (unpaired) electrons. The summed E-state index contributed by atoms with van der Waals surface area (Å²) in [5.41, 5.74) is 4.85. The largest absolute Gasteiger partial charge is 0.382 e. The molecule has 1 saturated heterocycles. The molecule has 28 heavy (non-hydrogen) atoms. The molecule has 2 aromatic carbocycles. The van der Waals surface area contributed by atoms with Gasteiger partial charge in [0.2, 0.25) is 0 Å². The van der Waals surface area contributed by atoms with E-state index in [0.717, 1.165) is 41.9 Å². The van der Waals surface area contributed by atoms with E-state index in [2.05, 4.69) is 47.3 Å². The number of morpholine rings is 1. The number of para-hydroxylation sites is 1. The molecule has 1 N–H and O–H groups in total. The van der Waals surface area contributed by atoms with Gasteiger partial charge in [0, 0.05) is 42.6 Å². The van der Waals surface area contributed by atoms with Crippen LogP contribution in [0.3, 0.4) is 0 Å². The molecule has 0 unspecified atom stereocenters. The van der Waals surface area contributed by atoms with E-state index in [1.54, 1.807) is 6.20 Å². The third kappa shape index (κ3) is 3.64. The molecular weight excluding hydrogens is 348 g/mol. The number of anilines is 2. The molecule has 1 aliphatic heterocycles. The normalized spacial score (nSPS) is 19.4. The summed E-state index contributed by atoms with van der Waals surface area (Å²) in [6, 6.07) is 18.4. The Hall–Kier alpha value is -3.10. The van der Waals surface area contributed by atoms with Gasteiger partial charge < -0.3 is 15.0 Å². The molecule has 3 aromatic rings. The van der Waals surface area contributed by atoms with Crippen LogP contribution in [-0.4, -0.2) is 36.8 Å². The zero-order chi connectivity index (χ0) is 19.5. The van der Waals surface area contributed by atoms with E-state index in [1.807, 2.05) is 36.4 Å². The van der Waals surface area contributed by atoms with Crippen molar-refractivity contribution in [1.29, 1.82) is 5.26 Å². The summed E-state index contributed by atoms with van der Waals surface area (Å²) in [4.78, 5) is 6.79. The molecule has 1 aliphatic rings. The maximum atomic E-state index is 9.39. The highest BCUT2D eigenvalue weighted by Gasteiger charge is 2.26. The number of nitriles is 1. The van der Waals surface area contributed by atoms with Gasteiger partial charge >= 0.3 is 0 Å². The first kappa shape index (κ1) is 18.3. The summed E-state index contributed by atoms with van der Waals surface area (Å²) >= 11 is 0. The molecule has 2 atom stereocenters. The van der Waals surface area contributed by atoms with Gasteiger partial charge in [0.25, 0.3) is 0 Å². The van der Waals surface area contributed by atoms with Gasteiger partial charge in [0.05, 0.1) is 23.3 Å². The third-order valence-corrected chi connectivity index (χ3v) is 5.20. The molecule has 0 saturated carbocycles. The summed E-state index contributed by atoms with van der Waals surface area (Å²) in [7, 11) is 0. The van der Waals surface area contributed by atoms with Gasteiger partial charge in [-0.1, -0.05) is 18.2 Å². The summed E-state index contributed by atoms with van der Waals surface area (Å²) in [5, 5.41) is 13.9. The van der Waals surface area contributed by atoms with Crippen LogP contribution in [0.25, 0.3) is 10.9 Å². The summed E-state index contributed by atoms with van der Waals surface area (Å²) < 4.78 is 6.18. The smallest absolute Gasteiger partial charge is 0.101 e. The SMILES string of the molecule is Cc1ccccc1NC[C@@H]1CN(c2ccc(C#N)c3ncccc23)C[C@@H](C)O1. The molecule has 142 valence electrons. The fraction of sp³-hybridized carbons (Fsp3) is 0.304. The molecule has 1 fully saturated rings. The van der Waals surface area contributed by atoms with Crippen molar-refractivity contribution in [3.05, 3.63) is 65.9 Å². The maximum Gasteiger partial charge on any atom is 0.101 e. The lowest BCUT2D eigenvalue weighted by atomic mass is 10.1. The minimum absolute atomic E-state index is 0.0747. The van der Waals surface area contributed by atoms with Crippen molar-refractivity contribution in [2.24, 2.45) is 0 Å². The second-order valence-electron chi connectivity index (χ2n) is 7.31. The number of aromatic nitrogens is 1. The van der Waals surface area contributed by atoms with E-state index in [-0.39, 0.29) is 12.2 Å². The number of benzene rings is 2. The number of aryl methyl sites for hydroxylation is 1. The lowest BCUT2D eigenvalue weighted by Gasteiger charge is -2.39. The predicted octanol–water partition coefficient (Wildman–Crippen LogP) is 4.12. The molecule has 5 nitrogen and oxygen atoms in total. The molecule has 1 aromatic heterocycles. The van der Waals surface area contributed by atoms with E-state index in [9.17, 15) is 5.26 Å². The first-order valence-corrected chi connectivity index (χ1v) is 9.63. The van der Waals surface area contributed by atoms with Crippen LogP contribution in [0.2, 0.25) is 0 Å². The number of nitrogens with one attached hydrogen (secondary N) is 1. The van der Waals surface area contributed by atoms with Crippen LogP contribution in [-0.2, 0) is 4.74 Å². The average Bonchev–Trinajstić information content (AvgIpc) is 2.72. The van der Waals surface area contributed by atoms with Crippen LogP contribution in [0, 0.1) is 18.3 Å². The quantitative estimate of drug-likeness (QED) is 0.746. The first-order valence-electron chi connectivity index (χ1n) is 9.63. The number of fused-ring (bicyclic) bond motifs is 1. The zero-order valence-corrected chi connectivity index (χ0v) is 16.2. The Kier molecular flexibility index (Phi) is 5.14. The highest BCUT2D eigenvalue weighted by atomic mass is 16.5. The topological polar surface area (TPSA) is 61.2 Å². The number of hydrogen-bond acceptors (Lipinski definition) is 5. The zero-order valence-electron chi connectivity index (χ0n) is 16.2. The second kappa shape index (κ2) is 7.87. The number of pyridine rings is 1. The van der Waals surface area contributed by atoms with Gasteiger partial charge in [-0.05, 0) is 49.7 Å². The van der Waals surface area contributed by atoms with Crippen LogP contribution in [0.5, 0.6) is 0 Å². The lowest BCUT2D eigenvalue weighted by molar-refractivity contribution is -0.00820. The highest BCUT2D eigenvalue weighted by Crippen LogP contribution is 2.30. The Morgan fingerprint density at radius 3 is 2.86 bits per heavy atom. The van der Waals surface area contributed by atoms with E-state index in [4.69, 9.17) is 4.74 Å². The standard InChI is InChI=1S/C23H24N4O/c1-16-6-3-4-8-21(16)26-13-19-15-27(14-17(2)28-19)22-10-9-18(12-24)23-20(22)7-5-11-25-23/h3-11,17,19,26H,13-15H2,1-2H3/t17-,19-/m1/s1. The Balaban J connectivity index is 1.57. The average molecular weight is 372 g/mol. The fourth-order valence-electron chi connectivity index (χ4n) is 3.87. The van der Waals surface area contributed by atoms with Crippen molar-refractivity contribution < 1.29 is 4.74 Å². The lowest BCUT2D eigenvalue weighted by Crippen LogP contribution is -2.49. The monoisotopic (exact) mass is 372 g/mol.